The molecular weight excluding hydrogens is 930 g/mol. The number of allylic oxidation sites excluding steroid dienone is 2. The topological polar surface area (TPSA) is 111 Å². The molecule has 0 fully saturated rings. The summed E-state index contributed by atoms with van der Waals surface area (Å²) < 4.78 is 34.2. The minimum Gasteiger partial charge on any atom is -0.756 e. The number of esters is 2. The van der Waals surface area contributed by atoms with Crippen LogP contribution in [0.15, 0.2) is 12.2 Å². The average molecular weight is 1050 g/mol. The Morgan fingerprint density at radius 3 is 1.01 bits per heavy atom. The third-order valence-corrected chi connectivity index (χ3v) is 15.5. The predicted octanol–water partition coefficient (Wildman–Crippen LogP) is 19.4. The van der Waals surface area contributed by atoms with Crippen molar-refractivity contribution in [1.82, 2.24) is 0 Å². The maximum atomic E-state index is 12.8. The molecule has 0 aromatic rings. The molecule has 0 aromatic carbocycles. The maximum absolute atomic E-state index is 12.8. The van der Waals surface area contributed by atoms with Gasteiger partial charge in [0.25, 0.3) is 7.82 Å². The molecule has 0 rings (SSSR count). The van der Waals surface area contributed by atoms with E-state index in [0.717, 1.165) is 44.9 Å². The molecule has 0 saturated heterocycles. The Morgan fingerprint density at radius 2 is 0.699 bits per heavy atom. The Kier molecular flexibility index (Phi) is 54.6. The molecule has 0 aliphatic carbocycles. The summed E-state index contributed by atoms with van der Waals surface area (Å²) in [6.45, 7) is 4.30. The van der Waals surface area contributed by atoms with Gasteiger partial charge in [-0.05, 0) is 38.5 Å². The van der Waals surface area contributed by atoms with Gasteiger partial charge in [0, 0.05) is 12.8 Å². The van der Waals surface area contributed by atoms with Crippen molar-refractivity contribution in [3.05, 3.63) is 12.2 Å². The molecule has 0 spiro atoms. The van der Waals surface area contributed by atoms with Crippen LogP contribution in [0.3, 0.4) is 0 Å². The minimum atomic E-state index is -4.63. The Morgan fingerprint density at radius 1 is 0.411 bits per heavy atom. The van der Waals surface area contributed by atoms with Gasteiger partial charge in [0.05, 0.1) is 27.7 Å². The summed E-state index contributed by atoms with van der Waals surface area (Å²) in [6.07, 6.45) is 65.7. The van der Waals surface area contributed by atoms with Gasteiger partial charge in [0.1, 0.15) is 19.8 Å². The van der Waals surface area contributed by atoms with Crippen molar-refractivity contribution in [2.45, 2.75) is 335 Å². The highest BCUT2D eigenvalue weighted by molar-refractivity contribution is 7.45. The third-order valence-electron chi connectivity index (χ3n) is 14.5. The van der Waals surface area contributed by atoms with Crippen LogP contribution in [0.1, 0.15) is 328 Å². The number of ether oxygens (including phenoxy) is 2. The van der Waals surface area contributed by atoms with E-state index >= 15 is 0 Å². The third kappa shape index (κ3) is 59.8. The van der Waals surface area contributed by atoms with Crippen LogP contribution >= 0.6 is 7.82 Å². The standard InChI is InChI=1S/C63H124NO8P/c1-6-8-10-12-14-16-18-20-22-24-26-27-28-29-30-31-32-33-34-35-36-37-38-40-41-43-45-47-49-51-53-55-62(65)69-59-61(60-71-73(67,68)70-58-57-64(3,4)5)72-63(66)56-54-52-50-48-46-44-42-39-25-23-21-19-17-15-13-11-9-7-2/h23,25,61H,6-22,24,26-60H2,1-5H3/b25-23-. The predicted molar refractivity (Wildman–Crippen MR) is 310 cm³/mol. The van der Waals surface area contributed by atoms with Gasteiger partial charge in [0.2, 0.25) is 0 Å². The first-order valence-corrected chi connectivity index (χ1v) is 33.4. The lowest BCUT2D eigenvalue weighted by Crippen LogP contribution is -2.37. The summed E-state index contributed by atoms with van der Waals surface area (Å²) in [5, 5.41) is 0. The highest BCUT2D eigenvalue weighted by Crippen LogP contribution is 2.38. The highest BCUT2D eigenvalue weighted by Gasteiger charge is 2.22. The van der Waals surface area contributed by atoms with Crippen LogP contribution in [0, 0.1) is 0 Å². The number of rotatable bonds is 60. The van der Waals surface area contributed by atoms with E-state index in [1.807, 2.05) is 21.1 Å². The Hall–Kier alpha value is -1.25. The second-order valence-electron chi connectivity index (χ2n) is 23.1. The lowest BCUT2D eigenvalue weighted by atomic mass is 10.0. The lowest BCUT2D eigenvalue weighted by molar-refractivity contribution is -0.870. The molecule has 0 saturated carbocycles. The normalized spacial score (nSPS) is 13.2. The molecule has 0 aromatic heterocycles. The molecule has 0 bridgehead atoms. The molecule has 0 N–H and O–H groups in total. The van der Waals surface area contributed by atoms with E-state index in [1.54, 1.807) is 0 Å². The summed E-state index contributed by atoms with van der Waals surface area (Å²) in [4.78, 5) is 37.9. The minimum absolute atomic E-state index is 0.0279. The van der Waals surface area contributed by atoms with Crippen LogP contribution in [0.25, 0.3) is 0 Å². The van der Waals surface area contributed by atoms with Crippen LogP contribution < -0.4 is 4.89 Å². The van der Waals surface area contributed by atoms with E-state index in [9.17, 15) is 19.0 Å². The summed E-state index contributed by atoms with van der Waals surface area (Å²) in [7, 11) is 1.18. The van der Waals surface area contributed by atoms with Gasteiger partial charge in [-0.2, -0.15) is 0 Å². The van der Waals surface area contributed by atoms with Crippen LogP contribution in [-0.4, -0.2) is 70.0 Å². The molecule has 0 radical (unpaired) electrons. The average Bonchev–Trinajstić information content (AvgIpc) is 3.35. The molecule has 10 heteroatoms. The van der Waals surface area contributed by atoms with Crippen LogP contribution in [0.5, 0.6) is 0 Å². The first-order valence-electron chi connectivity index (χ1n) is 31.9. The molecule has 0 aliphatic rings. The van der Waals surface area contributed by atoms with Crippen molar-refractivity contribution < 1.29 is 42.1 Å². The van der Waals surface area contributed by atoms with Gasteiger partial charge < -0.3 is 27.9 Å². The fourth-order valence-corrected chi connectivity index (χ4v) is 10.3. The van der Waals surface area contributed by atoms with Crippen molar-refractivity contribution in [2.75, 3.05) is 47.5 Å². The number of nitrogens with zero attached hydrogens (tertiary/aromatic N) is 1. The van der Waals surface area contributed by atoms with Crippen molar-refractivity contribution >= 4 is 19.8 Å². The summed E-state index contributed by atoms with van der Waals surface area (Å²) in [5.74, 6) is -0.818. The van der Waals surface area contributed by atoms with E-state index in [1.165, 1.54) is 250 Å². The molecule has 73 heavy (non-hydrogen) atoms. The Labute approximate surface area is 454 Å². The van der Waals surface area contributed by atoms with Gasteiger partial charge >= 0.3 is 11.9 Å². The van der Waals surface area contributed by atoms with E-state index in [-0.39, 0.29) is 32.0 Å². The molecule has 9 nitrogen and oxygen atoms in total. The van der Waals surface area contributed by atoms with Gasteiger partial charge in [-0.1, -0.05) is 289 Å². The van der Waals surface area contributed by atoms with Crippen molar-refractivity contribution in [3.8, 4) is 0 Å². The second kappa shape index (κ2) is 55.5. The molecular formula is C63H124NO8P. The van der Waals surface area contributed by atoms with Crippen molar-refractivity contribution in [3.63, 3.8) is 0 Å². The summed E-state index contributed by atoms with van der Waals surface area (Å²) >= 11 is 0. The van der Waals surface area contributed by atoms with E-state index < -0.39 is 26.5 Å². The number of hydrogen-bond donors (Lipinski definition) is 0. The van der Waals surface area contributed by atoms with Crippen LogP contribution in [0.4, 0.5) is 0 Å². The van der Waals surface area contributed by atoms with Gasteiger partial charge in [-0.15, -0.1) is 0 Å². The highest BCUT2D eigenvalue weighted by atomic mass is 31.2. The lowest BCUT2D eigenvalue weighted by Gasteiger charge is -2.28. The summed E-state index contributed by atoms with van der Waals surface area (Å²) in [6, 6.07) is 0. The number of hydrogen-bond acceptors (Lipinski definition) is 8. The quantitative estimate of drug-likeness (QED) is 0.0195. The fraction of sp³-hybridized carbons (Fsp3) is 0.937. The van der Waals surface area contributed by atoms with Crippen LogP contribution in [-0.2, 0) is 32.7 Å². The van der Waals surface area contributed by atoms with E-state index in [4.69, 9.17) is 18.5 Å². The molecule has 2 unspecified atom stereocenters. The number of carbonyl (C=O) groups excluding carboxylic acids is 2. The second-order valence-corrected chi connectivity index (χ2v) is 24.5. The largest absolute Gasteiger partial charge is 0.756 e. The zero-order chi connectivity index (χ0) is 53.5. The van der Waals surface area contributed by atoms with Crippen LogP contribution in [0.2, 0.25) is 0 Å². The number of phosphoric acid groups is 1. The Balaban J connectivity index is 3.99. The first-order chi connectivity index (χ1) is 35.5. The molecule has 2 atom stereocenters. The number of quaternary nitrogens is 1. The number of likely N-dealkylation sites (N-methyl/N-ethyl adjacent to an activating group) is 1. The van der Waals surface area contributed by atoms with E-state index in [2.05, 4.69) is 26.0 Å². The monoisotopic (exact) mass is 1050 g/mol. The molecule has 0 heterocycles. The van der Waals surface area contributed by atoms with E-state index in [0.29, 0.717) is 17.4 Å². The number of unbranched alkanes of at least 4 members (excludes halogenated alkanes) is 44. The van der Waals surface area contributed by atoms with Gasteiger partial charge in [0.15, 0.2) is 6.10 Å². The zero-order valence-corrected chi connectivity index (χ0v) is 50.3. The Bertz CT molecular complexity index is 1240. The smallest absolute Gasteiger partial charge is 0.306 e. The van der Waals surface area contributed by atoms with Gasteiger partial charge in [-0.3, -0.25) is 14.2 Å². The first kappa shape index (κ1) is 71.8. The van der Waals surface area contributed by atoms with Crippen molar-refractivity contribution in [2.24, 2.45) is 0 Å². The van der Waals surface area contributed by atoms with Crippen molar-refractivity contribution in [1.29, 1.82) is 0 Å². The molecule has 0 amide bonds. The molecule has 0 aliphatic heterocycles. The molecule has 434 valence electrons. The maximum Gasteiger partial charge on any atom is 0.306 e. The fourth-order valence-electron chi connectivity index (χ4n) is 9.60. The number of phosphoric ester groups is 1. The summed E-state index contributed by atoms with van der Waals surface area (Å²) in [5.41, 5.74) is 0. The van der Waals surface area contributed by atoms with Gasteiger partial charge in [-0.25, -0.2) is 0 Å². The zero-order valence-electron chi connectivity index (χ0n) is 49.4. The number of carbonyl (C=O) groups is 2. The SMILES string of the molecule is CCCCCCCCC/C=C\CCCCCCCCCC(=O)OC(COC(=O)CCCCCCCCCCCCCCCCCCCCCCCCCCCCCCCCC)COP(=O)([O-])OCC[N+](C)(C)C.